The van der Waals surface area contributed by atoms with Crippen LogP contribution >= 0.6 is 0 Å². The molecule has 1 aromatic carbocycles. The maximum absolute atomic E-state index is 12.1. The molecule has 4 rings (SSSR count). The number of aromatic nitrogens is 2. The Bertz CT molecular complexity index is 933. The Morgan fingerprint density at radius 3 is 2.62 bits per heavy atom. The molecule has 0 spiro atoms. The lowest BCUT2D eigenvalue weighted by molar-refractivity contribution is -0.0887. The molecule has 2 aliphatic rings. The van der Waals surface area contributed by atoms with Gasteiger partial charge in [-0.1, -0.05) is 0 Å². The highest BCUT2D eigenvalue weighted by molar-refractivity contribution is 5.89. The fourth-order valence-electron chi connectivity index (χ4n) is 2.95. The molecule has 4 atom stereocenters. The van der Waals surface area contributed by atoms with E-state index >= 15 is 0 Å². The van der Waals surface area contributed by atoms with Crippen LogP contribution in [0.5, 0.6) is 5.75 Å². The van der Waals surface area contributed by atoms with Gasteiger partial charge in [-0.3, -0.25) is 14.3 Å². The SMILES string of the molecule is COc1ccc(C(=O)OC[C@@H]2O[C@H](n3ccc(=O)[nH]c3=O)C3OC32)cc1. The van der Waals surface area contributed by atoms with Crippen LogP contribution < -0.4 is 16.0 Å². The van der Waals surface area contributed by atoms with E-state index in [1.54, 1.807) is 31.4 Å². The molecule has 9 nitrogen and oxygen atoms in total. The van der Waals surface area contributed by atoms with Gasteiger partial charge >= 0.3 is 11.7 Å². The number of esters is 1. The third-order valence-corrected chi connectivity index (χ3v) is 4.35. The molecule has 1 N–H and O–H groups in total. The van der Waals surface area contributed by atoms with Crippen LogP contribution in [0.2, 0.25) is 0 Å². The van der Waals surface area contributed by atoms with E-state index in [-0.39, 0.29) is 18.8 Å². The topological polar surface area (TPSA) is 112 Å². The van der Waals surface area contributed by atoms with E-state index in [0.717, 1.165) is 0 Å². The summed E-state index contributed by atoms with van der Waals surface area (Å²) in [5.74, 6) is 0.155. The van der Waals surface area contributed by atoms with Gasteiger partial charge in [0.05, 0.1) is 12.7 Å². The molecule has 2 fully saturated rings. The third-order valence-electron chi connectivity index (χ3n) is 4.35. The zero-order chi connectivity index (χ0) is 18.3. The van der Waals surface area contributed by atoms with Gasteiger partial charge in [-0.15, -0.1) is 0 Å². The average Bonchev–Trinajstić information content (AvgIpc) is 3.36. The monoisotopic (exact) mass is 360 g/mol. The molecule has 0 saturated carbocycles. The molecule has 2 unspecified atom stereocenters. The summed E-state index contributed by atoms with van der Waals surface area (Å²) in [5.41, 5.74) is -0.666. The molecule has 9 heteroatoms. The number of hydrogen-bond donors (Lipinski definition) is 1. The summed E-state index contributed by atoms with van der Waals surface area (Å²) in [7, 11) is 1.54. The lowest BCUT2D eigenvalue weighted by atomic mass is 10.2. The van der Waals surface area contributed by atoms with Crippen LogP contribution in [0.1, 0.15) is 16.6 Å². The molecule has 2 aromatic rings. The lowest BCUT2D eigenvalue weighted by Gasteiger charge is -2.19. The zero-order valence-corrected chi connectivity index (χ0v) is 13.8. The van der Waals surface area contributed by atoms with Gasteiger partial charge in [0.25, 0.3) is 5.56 Å². The number of hydrogen-bond acceptors (Lipinski definition) is 7. The van der Waals surface area contributed by atoms with Crippen molar-refractivity contribution in [3.05, 3.63) is 62.9 Å². The van der Waals surface area contributed by atoms with Gasteiger partial charge < -0.3 is 18.9 Å². The first-order valence-electron chi connectivity index (χ1n) is 8.00. The van der Waals surface area contributed by atoms with Gasteiger partial charge in [0.2, 0.25) is 0 Å². The normalized spacial score (nSPS) is 26.2. The predicted octanol–water partition coefficient (Wildman–Crippen LogP) is 0.0670. The van der Waals surface area contributed by atoms with Crippen molar-refractivity contribution in [2.24, 2.45) is 0 Å². The molecule has 2 saturated heterocycles. The zero-order valence-electron chi connectivity index (χ0n) is 13.8. The van der Waals surface area contributed by atoms with Gasteiger partial charge in [0, 0.05) is 12.3 Å². The highest BCUT2D eigenvalue weighted by Crippen LogP contribution is 2.44. The number of fused-ring (bicyclic) bond motifs is 1. The maximum atomic E-state index is 12.1. The molecule has 136 valence electrons. The van der Waals surface area contributed by atoms with Crippen molar-refractivity contribution >= 4 is 5.97 Å². The van der Waals surface area contributed by atoms with Crippen molar-refractivity contribution in [1.82, 2.24) is 9.55 Å². The van der Waals surface area contributed by atoms with Gasteiger partial charge in [0.1, 0.15) is 30.7 Å². The second kappa shape index (κ2) is 6.43. The van der Waals surface area contributed by atoms with E-state index in [1.807, 2.05) is 0 Å². The Labute approximate surface area is 147 Å². The van der Waals surface area contributed by atoms with Gasteiger partial charge in [-0.25, -0.2) is 9.59 Å². The van der Waals surface area contributed by atoms with Crippen molar-refractivity contribution in [3.8, 4) is 5.75 Å². The Morgan fingerprint density at radius 1 is 1.15 bits per heavy atom. The standard InChI is InChI=1S/C17H16N2O7/c1-23-10-4-2-9(3-5-10)16(21)24-8-11-13-14(26-13)15(25-11)19-7-6-12(20)18-17(19)22/h2-7,11,13-15H,8H2,1H3,(H,18,20,22)/t11-,13?,14?,15-/m0/s1. The molecule has 0 radical (unpaired) electrons. The molecule has 26 heavy (non-hydrogen) atoms. The minimum Gasteiger partial charge on any atom is -0.497 e. The molecule has 0 aliphatic carbocycles. The van der Waals surface area contributed by atoms with E-state index in [0.29, 0.717) is 11.3 Å². The molecule has 2 aliphatic heterocycles. The summed E-state index contributed by atoms with van der Waals surface area (Å²) in [5, 5.41) is 0. The van der Waals surface area contributed by atoms with Crippen molar-refractivity contribution < 1.29 is 23.7 Å². The smallest absolute Gasteiger partial charge is 0.338 e. The van der Waals surface area contributed by atoms with E-state index < -0.39 is 29.6 Å². The van der Waals surface area contributed by atoms with Crippen molar-refractivity contribution in [2.45, 2.75) is 24.5 Å². The van der Waals surface area contributed by atoms with Crippen LogP contribution in [-0.2, 0) is 14.2 Å². The Kier molecular flexibility index (Phi) is 4.09. The summed E-state index contributed by atoms with van der Waals surface area (Å²) in [6.45, 7) is 0.000628. The molecule has 1 aromatic heterocycles. The van der Waals surface area contributed by atoms with Crippen LogP contribution in [0.15, 0.2) is 46.1 Å². The highest BCUT2D eigenvalue weighted by Gasteiger charge is 2.59. The molecule has 3 heterocycles. The number of ether oxygens (including phenoxy) is 4. The van der Waals surface area contributed by atoms with Crippen molar-refractivity contribution in [2.75, 3.05) is 13.7 Å². The number of carbonyl (C=O) groups is 1. The summed E-state index contributed by atoms with van der Waals surface area (Å²) in [6.07, 6.45) is -0.332. The number of carbonyl (C=O) groups excluding carboxylic acids is 1. The van der Waals surface area contributed by atoms with Crippen LogP contribution in [0.3, 0.4) is 0 Å². The van der Waals surface area contributed by atoms with Crippen LogP contribution in [0, 0.1) is 0 Å². The third kappa shape index (κ3) is 3.02. The van der Waals surface area contributed by atoms with E-state index in [4.69, 9.17) is 18.9 Å². The fourth-order valence-corrected chi connectivity index (χ4v) is 2.95. The van der Waals surface area contributed by atoms with E-state index in [1.165, 1.54) is 16.8 Å². The molecule has 0 amide bonds. The number of methoxy groups -OCH3 is 1. The van der Waals surface area contributed by atoms with Crippen LogP contribution in [0.25, 0.3) is 0 Å². The summed E-state index contributed by atoms with van der Waals surface area (Å²) >= 11 is 0. The molecular formula is C17H16N2O7. The Balaban J connectivity index is 1.38. The van der Waals surface area contributed by atoms with Crippen LogP contribution in [0.4, 0.5) is 0 Å². The highest BCUT2D eigenvalue weighted by atomic mass is 16.7. The second-order valence-electron chi connectivity index (χ2n) is 5.97. The predicted molar refractivity (Wildman–Crippen MR) is 87.2 cm³/mol. The fraction of sp³-hybridized carbons (Fsp3) is 0.353. The molecule has 0 bridgehead atoms. The Morgan fingerprint density at radius 2 is 1.92 bits per heavy atom. The molecular weight excluding hydrogens is 344 g/mol. The average molecular weight is 360 g/mol. The number of nitrogens with one attached hydrogen (secondary N) is 1. The van der Waals surface area contributed by atoms with Crippen molar-refractivity contribution in [3.63, 3.8) is 0 Å². The number of aromatic amines is 1. The summed E-state index contributed by atoms with van der Waals surface area (Å²) in [4.78, 5) is 37.3. The number of benzene rings is 1. The number of rotatable bonds is 5. The van der Waals surface area contributed by atoms with E-state index in [9.17, 15) is 14.4 Å². The minimum absolute atomic E-state index is 0.000628. The largest absolute Gasteiger partial charge is 0.497 e. The quantitative estimate of drug-likeness (QED) is 0.593. The summed E-state index contributed by atoms with van der Waals surface area (Å²) < 4.78 is 22.9. The first kappa shape index (κ1) is 16.6. The van der Waals surface area contributed by atoms with Gasteiger partial charge in [-0.2, -0.15) is 0 Å². The van der Waals surface area contributed by atoms with Gasteiger partial charge in [-0.05, 0) is 24.3 Å². The number of H-pyrrole nitrogens is 1. The number of nitrogens with zero attached hydrogens (tertiary/aromatic N) is 1. The lowest BCUT2D eigenvalue weighted by Crippen LogP contribution is -2.34. The maximum Gasteiger partial charge on any atom is 0.338 e. The minimum atomic E-state index is -0.658. The Hall–Kier alpha value is -2.91. The van der Waals surface area contributed by atoms with Gasteiger partial charge in [0.15, 0.2) is 6.23 Å². The van der Waals surface area contributed by atoms with E-state index in [2.05, 4.69) is 4.98 Å². The first-order chi connectivity index (χ1) is 12.6. The van der Waals surface area contributed by atoms with Crippen molar-refractivity contribution in [1.29, 1.82) is 0 Å². The first-order valence-corrected chi connectivity index (χ1v) is 8.00. The van der Waals surface area contributed by atoms with Crippen LogP contribution in [-0.4, -0.2) is 47.5 Å². The second-order valence-corrected chi connectivity index (χ2v) is 5.97. The number of epoxide rings is 1. The summed E-state index contributed by atoms with van der Waals surface area (Å²) in [6, 6.07) is 7.79.